The first-order valence-electron chi connectivity index (χ1n) is 5.86. The van der Waals surface area contributed by atoms with Crippen molar-refractivity contribution in [1.82, 2.24) is 9.29 Å². The minimum Gasteiger partial charge on any atom is -0.395 e. The van der Waals surface area contributed by atoms with Crippen molar-refractivity contribution in [3.63, 3.8) is 0 Å². The summed E-state index contributed by atoms with van der Waals surface area (Å²) in [4.78, 5) is 4.05. The Morgan fingerprint density at radius 3 is 2.67 bits per heavy atom. The highest BCUT2D eigenvalue weighted by molar-refractivity contribution is 7.89. The quantitative estimate of drug-likeness (QED) is 0.756. The van der Waals surface area contributed by atoms with Crippen molar-refractivity contribution < 1.29 is 13.5 Å². The molecular weight excluding hydrogens is 254 g/mol. The molecule has 0 spiro atoms. The van der Waals surface area contributed by atoms with Crippen molar-refractivity contribution in [3.8, 4) is 0 Å². The number of likely N-dealkylation sites (N-methyl/N-ethyl adjacent to an activating group) is 1. The Morgan fingerprint density at radius 2 is 2.11 bits per heavy atom. The van der Waals surface area contributed by atoms with E-state index in [2.05, 4.69) is 10.3 Å². The van der Waals surface area contributed by atoms with Crippen LogP contribution in [0.2, 0.25) is 0 Å². The fourth-order valence-corrected chi connectivity index (χ4v) is 3.00. The monoisotopic (exact) mass is 273 g/mol. The molecule has 1 aromatic rings. The SMILES string of the molecule is CCNc1cncc(S(=O)(=O)N(CC)CCO)c1. The molecule has 0 amide bonds. The van der Waals surface area contributed by atoms with E-state index in [9.17, 15) is 8.42 Å². The number of hydrogen-bond donors (Lipinski definition) is 2. The van der Waals surface area contributed by atoms with Gasteiger partial charge in [0.05, 0.1) is 18.5 Å². The lowest BCUT2D eigenvalue weighted by Gasteiger charge is -2.19. The summed E-state index contributed by atoms with van der Waals surface area (Å²) < 4.78 is 25.7. The molecule has 0 radical (unpaired) electrons. The first kappa shape index (κ1) is 14.9. The van der Waals surface area contributed by atoms with Gasteiger partial charge in [0.15, 0.2) is 0 Å². The van der Waals surface area contributed by atoms with E-state index >= 15 is 0 Å². The van der Waals surface area contributed by atoms with E-state index in [1.54, 1.807) is 19.2 Å². The molecule has 2 N–H and O–H groups in total. The normalized spacial score (nSPS) is 11.8. The number of rotatable bonds is 7. The zero-order chi connectivity index (χ0) is 13.6. The zero-order valence-corrected chi connectivity index (χ0v) is 11.4. The van der Waals surface area contributed by atoms with Gasteiger partial charge in [-0.25, -0.2) is 8.42 Å². The Hall–Kier alpha value is -1.18. The van der Waals surface area contributed by atoms with E-state index in [1.807, 2.05) is 6.92 Å². The predicted octanol–water partition coefficient (Wildman–Crippen LogP) is 0.516. The minimum atomic E-state index is -3.58. The van der Waals surface area contributed by atoms with Crippen LogP contribution >= 0.6 is 0 Å². The van der Waals surface area contributed by atoms with Gasteiger partial charge in [0.25, 0.3) is 0 Å². The highest BCUT2D eigenvalue weighted by Crippen LogP contribution is 2.17. The molecule has 1 heterocycles. The van der Waals surface area contributed by atoms with Gasteiger partial charge in [-0.3, -0.25) is 4.98 Å². The van der Waals surface area contributed by atoms with Crippen LogP contribution in [0.4, 0.5) is 5.69 Å². The number of sulfonamides is 1. The van der Waals surface area contributed by atoms with Gasteiger partial charge >= 0.3 is 0 Å². The van der Waals surface area contributed by atoms with Crippen molar-refractivity contribution >= 4 is 15.7 Å². The summed E-state index contributed by atoms with van der Waals surface area (Å²) in [5.74, 6) is 0. The molecule has 0 aliphatic carbocycles. The van der Waals surface area contributed by atoms with Crippen molar-refractivity contribution in [3.05, 3.63) is 18.5 Å². The van der Waals surface area contributed by atoms with Crippen molar-refractivity contribution in [2.45, 2.75) is 18.7 Å². The van der Waals surface area contributed by atoms with Gasteiger partial charge in [-0.1, -0.05) is 6.92 Å². The second-order valence-corrected chi connectivity index (χ2v) is 5.60. The van der Waals surface area contributed by atoms with Crippen LogP contribution in [0.5, 0.6) is 0 Å². The van der Waals surface area contributed by atoms with E-state index in [0.29, 0.717) is 18.8 Å². The maximum absolute atomic E-state index is 12.3. The lowest BCUT2D eigenvalue weighted by Crippen LogP contribution is -2.33. The third kappa shape index (κ3) is 3.41. The van der Waals surface area contributed by atoms with Gasteiger partial charge in [-0.2, -0.15) is 4.31 Å². The summed E-state index contributed by atoms with van der Waals surface area (Å²) in [6, 6.07) is 1.55. The fourth-order valence-electron chi connectivity index (χ4n) is 1.57. The van der Waals surface area contributed by atoms with E-state index in [0.717, 1.165) is 0 Å². The number of anilines is 1. The number of pyridine rings is 1. The third-order valence-corrected chi connectivity index (χ3v) is 4.37. The Morgan fingerprint density at radius 1 is 1.39 bits per heavy atom. The average Bonchev–Trinajstić information content (AvgIpc) is 2.36. The zero-order valence-electron chi connectivity index (χ0n) is 10.6. The molecule has 0 unspecified atom stereocenters. The molecule has 0 saturated heterocycles. The number of nitrogens with zero attached hydrogens (tertiary/aromatic N) is 2. The van der Waals surface area contributed by atoms with Gasteiger partial charge in [0.2, 0.25) is 10.0 Å². The molecule has 6 nitrogen and oxygen atoms in total. The van der Waals surface area contributed by atoms with Gasteiger partial charge < -0.3 is 10.4 Å². The molecule has 0 bridgehead atoms. The van der Waals surface area contributed by atoms with Crippen molar-refractivity contribution in [2.24, 2.45) is 0 Å². The van der Waals surface area contributed by atoms with Crippen molar-refractivity contribution in [1.29, 1.82) is 0 Å². The molecule has 0 atom stereocenters. The van der Waals surface area contributed by atoms with E-state index in [1.165, 1.54) is 10.5 Å². The molecule has 7 heteroatoms. The maximum atomic E-state index is 12.3. The van der Waals surface area contributed by atoms with Crippen LogP contribution in [-0.4, -0.2) is 49.1 Å². The van der Waals surface area contributed by atoms with Crippen LogP contribution in [0.3, 0.4) is 0 Å². The van der Waals surface area contributed by atoms with E-state index in [-0.39, 0.29) is 18.0 Å². The summed E-state index contributed by atoms with van der Waals surface area (Å²) in [5.41, 5.74) is 0.665. The first-order chi connectivity index (χ1) is 8.56. The van der Waals surface area contributed by atoms with Crippen LogP contribution in [0, 0.1) is 0 Å². The number of nitrogens with one attached hydrogen (secondary N) is 1. The van der Waals surface area contributed by atoms with E-state index in [4.69, 9.17) is 5.11 Å². The predicted molar refractivity (Wildman–Crippen MR) is 69.9 cm³/mol. The second kappa shape index (κ2) is 6.67. The Bertz CT molecular complexity index is 476. The lowest BCUT2D eigenvalue weighted by molar-refractivity contribution is 0.257. The third-order valence-electron chi connectivity index (χ3n) is 2.43. The summed E-state index contributed by atoms with van der Waals surface area (Å²) in [6.45, 7) is 4.55. The highest BCUT2D eigenvalue weighted by atomic mass is 32.2. The molecule has 0 fully saturated rings. The lowest BCUT2D eigenvalue weighted by atomic mass is 10.4. The van der Waals surface area contributed by atoms with Gasteiger partial charge in [-0.05, 0) is 13.0 Å². The molecule has 0 saturated carbocycles. The van der Waals surface area contributed by atoms with Crippen LogP contribution in [-0.2, 0) is 10.0 Å². The topological polar surface area (TPSA) is 82.5 Å². The standard InChI is InChI=1S/C11H19N3O3S/c1-3-13-10-7-11(9-12-8-10)18(16,17)14(4-2)5-6-15/h7-9,13,15H,3-6H2,1-2H3. The smallest absolute Gasteiger partial charge is 0.244 e. The fraction of sp³-hybridized carbons (Fsp3) is 0.545. The van der Waals surface area contributed by atoms with Gasteiger partial charge in [-0.15, -0.1) is 0 Å². The summed E-state index contributed by atoms with van der Waals surface area (Å²) in [6.07, 6.45) is 2.89. The Labute approximate surface area is 108 Å². The number of aliphatic hydroxyl groups excluding tert-OH is 1. The largest absolute Gasteiger partial charge is 0.395 e. The highest BCUT2D eigenvalue weighted by Gasteiger charge is 2.23. The van der Waals surface area contributed by atoms with Crippen LogP contribution < -0.4 is 5.32 Å². The van der Waals surface area contributed by atoms with Crippen molar-refractivity contribution in [2.75, 3.05) is 31.6 Å². The molecule has 18 heavy (non-hydrogen) atoms. The minimum absolute atomic E-state index is 0.0876. The number of aliphatic hydroxyl groups is 1. The molecule has 0 aromatic carbocycles. The Kier molecular flexibility index (Phi) is 5.52. The van der Waals surface area contributed by atoms with Gasteiger partial charge in [0.1, 0.15) is 4.90 Å². The van der Waals surface area contributed by atoms with Crippen LogP contribution in [0.1, 0.15) is 13.8 Å². The number of aromatic nitrogens is 1. The molecule has 0 aliphatic rings. The summed E-state index contributed by atoms with van der Waals surface area (Å²) in [7, 11) is -3.58. The summed E-state index contributed by atoms with van der Waals surface area (Å²) in [5, 5.41) is 11.9. The van der Waals surface area contributed by atoms with Gasteiger partial charge in [0, 0.05) is 25.8 Å². The molecular formula is C11H19N3O3S. The molecule has 102 valence electrons. The molecule has 1 aromatic heterocycles. The first-order valence-corrected chi connectivity index (χ1v) is 7.30. The van der Waals surface area contributed by atoms with E-state index < -0.39 is 10.0 Å². The summed E-state index contributed by atoms with van der Waals surface area (Å²) >= 11 is 0. The maximum Gasteiger partial charge on any atom is 0.244 e. The molecule has 1 rings (SSSR count). The Balaban J connectivity index is 3.06. The number of hydrogen-bond acceptors (Lipinski definition) is 5. The van der Waals surface area contributed by atoms with Crippen LogP contribution in [0.25, 0.3) is 0 Å². The average molecular weight is 273 g/mol. The second-order valence-electron chi connectivity index (χ2n) is 3.66. The molecule has 0 aliphatic heterocycles. The van der Waals surface area contributed by atoms with Crippen LogP contribution in [0.15, 0.2) is 23.4 Å².